The molecule has 2 bridgehead atoms. The molecule has 2 saturated heterocycles. The lowest BCUT2D eigenvalue weighted by molar-refractivity contribution is -0.151. The Labute approximate surface area is 124 Å². The van der Waals surface area contributed by atoms with Gasteiger partial charge in [0.2, 0.25) is 0 Å². The van der Waals surface area contributed by atoms with Gasteiger partial charge < -0.3 is 9.64 Å². The maximum Gasteiger partial charge on any atom is 0.310 e. The fraction of sp³-hybridized carbons (Fsp3) is 0.562. The van der Waals surface area contributed by atoms with Crippen molar-refractivity contribution in [3.63, 3.8) is 0 Å². The molecular formula is C16H20ClNO2. The van der Waals surface area contributed by atoms with Gasteiger partial charge in [-0.25, -0.2) is 0 Å². The number of nitrogens with zero attached hydrogens (tertiary/aromatic N) is 1. The van der Waals surface area contributed by atoms with Crippen molar-refractivity contribution in [2.75, 3.05) is 7.05 Å². The number of rotatable bonds is 3. The number of hydrogen-bond donors (Lipinski definition) is 0. The summed E-state index contributed by atoms with van der Waals surface area (Å²) in [6.45, 7) is 0. The zero-order valence-electron chi connectivity index (χ0n) is 11.7. The van der Waals surface area contributed by atoms with Crippen LogP contribution in [0.15, 0.2) is 24.3 Å². The maximum absolute atomic E-state index is 12.0. The molecule has 1 aromatic rings. The van der Waals surface area contributed by atoms with Crippen molar-refractivity contribution in [1.82, 2.24) is 4.90 Å². The Balaban J connectivity index is 1.53. The largest absolute Gasteiger partial charge is 0.462 e. The lowest BCUT2D eigenvalue weighted by Gasteiger charge is -2.35. The number of piperidine rings is 1. The minimum atomic E-state index is -0.124. The molecule has 20 heavy (non-hydrogen) atoms. The van der Waals surface area contributed by atoms with Gasteiger partial charge in [-0.3, -0.25) is 4.79 Å². The Morgan fingerprint density at radius 3 is 2.45 bits per heavy atom. The Bertz CT molecular complexity index is 474. The molecule has 3 nitrogen and oxygen atoms in total. The van der Waals surface area contributed by atoms with Crippen LogP contribution in [0, 0.1) is 0 Å². The highest BCUT2D eigenvalue weighted by Gasteiger charge is 2.39. The van der Waals surface area contributed by atoms with Crippen molar-refractivity contribution in [2.24, 2.45) is 0 Å². The average molecular weight is 294 g/mol. The topological polar surface area (TPSA) is 29.5 Å². The smallest absolute Gasteiger partial charge is 0.310 e. The number of esters is 1. The Kier molecular flexibility index (Phi) is 3.99. The van der Waals surface area contributed by atoms with Gasteiger partial charge >= 0.3 is 5.97 Å². The fourth-order valence-electron chi connectivity index (χ4n) is 3.45. The third kappa shape index (κ3) is 2.99. The maximum atomic E-state index is 12.0. The monoisotopic (exact) mass is 293 g/mol. The van der Waals surface area contributed by atoms with Crippen LogP contribution >= 0.6 is 11.6 Å². The molecule has 4 heteroatoms. The van der Waals surface area contributed by atoms with E-state index in [1.165, 1.54) is 12.8 Å². The first-order valence-corrected chi connectivity index (χ1v) is 7.65. The molecule has 2 atom stereocenters. The molecule has 2 unspecified atom stereocenters. The van der Waals surface area contributed by atoms with Crippen LogP contribution in [-0.4, -0.2) is 36.1 Å². The van der Waals surface area contributed by atoms with E-state index < -0.39 is 0 Å². The molecule has 0 aliphatic carbocycles. The van der Waals surface area contributed by atoms with Crippen LogP contribution < -0.4 is 0 Å². The molecule has 2 fully saturated rings. The fourth-order valence-corrected chi connectivity index (χ4v) is 3.58. The molecule has 1 aromatic carbocycles. The van der Waals surface area contributed by atoms with Crippen molar-refractivity contribution in [3.8, 4) is 0 Å². The predicted octanol–water partition coefficient (Wildman–Crippen LogP) is 3.05. The first kappa shape index (κ1) is 13.9. The molecule has 2 aliphatic heterocycles. The van der Waals surface area contributed by atoms with Crippen LogP contribution in [0.1, 0.15) is 31.2 Å². The minimum Gasteiger partial charge on any atom is -0.462 e. The second-order valence-corrected chi connectivity index (χ2v) is 6.37. The van der Waals surface area contributed by atoms with Crippen LogP contribution in [0.4, 0.5) is 0 Å². The molecule has 0 N–H and O–H groups in total. The van der Waals surface area contributed by atoms with E-state index in [-0.39, 0.29) is 12.1 Å². The zero-order valence-corrected chi connectivity index (χ0v) is 12.5. The third-order valence-electron chi connectivity index (χ3n) is 4.61. The first-order valence-electron chi connectivity index (χ1n) is 7.27. The molecular weight excluding hydrogens is 274 g/mol. The molecule has 0 aromatic heterocycles. The van der Waals surface area contributed by atoms with E-state index in [1.54, 1.807) is 12.1 Å². The van der Waals surface area contributed by atoms with E-state index >= 15 is 0 Å². The van der Waals surface area contributed by atoms with Gasteiger partial charge in [0, 0.05) is 17.1 Å². The Hall–Kier alpha value is -1.06. The molecule has 2 heterocycles. The van der Waals surface area contributed by atoms with Gasteiger partial charge in [-0.15, -0.1) is 0 Å². The zero-order chi connectivity index (χ0) is 14.1. The Morgan fingerprint density at radius 2 is 1.85 bits per heavy atom. The molecule has 0 saturated carbocycles. The molecule has 3 rings (SSSR count). The van der Waals surface area contributed by atoms with Crippen molar-refractivity contribution in [1.29, 1.82) is 0 Å². The van der Waals surface area contributed by atoms with Crippen molar-refractivity contribution in [3.05, 3.63) is 34.9 Å². The number of carbonyl (C=O) groups is 1. The van der Waals surface area contributed by atoms with Gasteiger partial charge in [0.1, 0.15) is 6.10 Å². The number of halogens is 1. The van der Waals surface area contributed by atoms with E-state index in [0.717, 1.165) is 18.4 Å². The van der Waals surface area contributed by atoms with Crippen molar-refractivity contribution >= 4 is 17.6 Å². The first-order chi connectivity index (χ1) is 9.61. The second-order valence-electron chi connectivity index (χ2n) is 5.94. The summed E-state index contributed by atoms with van der Waals surface area (Å²) in [5.74, 6) is -0.124. The van der Waals surface area contributed by atoms with Gasteiger partial charge in [-0.2, -0.15) is 0 Å². The summed E-state index contributed by atoms with van der Waals surface area (Å²) < 4.78 is 5.66. The lowest BCUT2D eigenvalue weighted by atomic mass is 10.0. The average Bonchev–Trinajstić information content (AvgIpc) is 2.64. The number of carbonyl (C=O) groups excluding carboxylic acids is 1. The molecule has 108 valence electrons. The van der Waals surface area contributed by atoms with E-state index in [4.69, 9.17) is 16.3 Å². The summed E-state index contributed by atoms with van der Waals surface area (Å²) in [5, 5.41) is 0.689. The highest BCUT2D eigenvalue weighted by atomic mass is 35.5. The summed E-state index contributed by atoms with van der Waals surface area (Å²) in [4.78, 5) is 14.5. The summed E-state index contributed by atoms with van der Waals surface area (Å²) in [6.07, 6.45) is 4.89. The third-order valence-corrected chi connectivity index (χ3v) is 4.87. The van der Waals surface area contributed by atoms with Crippen molar-refractivity contribution in [2.45, 2.75) is 50.3 Å². The molecule has 0 spiro atoms. The molecule has 2 aliphatic rings. The van der Waals surface area contributed by atoms with Crippen LogP contribution in [0.25, 0.3) is 0 Å². The minimum absolute atomic E-state index is 0.100. The van der Waals surface area contributed by atoms with Crippen LogP contribution in [0.5, 0.6) is 0 Å². The van der Waals surface area contributed by atoms with E-state index in [1.807, 2.05) is 12.1 Å². The highest BCUT2D eigenvalue weighted by Crippen LogP contribution is 2.35. The van der Waals surface area contributed by atoms with Gasteiger partial charge in [0.15, 0.2) is 0 Å². The summed E-state index contributed by atoms with van der Waals surface area (Å²) in [6, 6.07) is 8.56. The number of hydrogen-bond acceptors (Lipinski definition) is 3. The molecule has 0 amide bonds. The summed E-state index contributed by atoms with van der Waals surface area (Å²) >= 11 is 5.84. The predicted molar refractivity (Wildman–Crippen MR) is 78.8 cm³/mol. The molecule has 0 radical (unpaired) electrons. The van der Waals surface area contributed by atoms with Gasteiger partial charge in [-0.1, -0.05) is 23.7 Å². The number of fused-ring (bicyclic) bond motifs is 2. The van der Waals surface area contributed by atoms with E-state index in [9.17, 15) is 4.79 Å². The van der Waals surface area contributed by atoms with Crippen molar-refractivity contribution < 1.29 is 9.53 Å². The van der Waals surface area contributed by atoms with Crippen LogP contribution in [0.3, 0.4) is 0 Å². The van der Waals surface area contributed by atoms with Crippen LogP contribution in [-0.2, 0) is 16.0 Å². The lowest BCUT2D eigenvalue weighted by Crippen LogP contribution is -2.43. The Morgan fingerprint density at radius 1 is 1.25 bits per heavy atom. The summed E-state index contributed by atoms with van der Waals surface area (Å²) in [5.41, 5.74) is 0.954. The van der Waals surface area contributed by atoms with Gasteiger partial charge in [-0.05, 0) is 50.4 Å². The second kappa shape index (κ2) is 5.74. The van der Waals surface area contributed by atoms with E-state index in [0.29, 0.717) is 23.5 Å². The SMILES string of the molecule is CN1C2CCC1CC(OC(=O)Cc1ccc(Cl)cc1)C2. The highest BCUT2D eigenvalue weighted by molar-refractivity contribution is 6.30. The number of ether oxygens (including phenoxy) is 1. The van der Waals surface area contributed by atoms with Crippen LogP contribution in [0.2, 0.25) is 5.02 Å². The number of benzene rings is 1. The summed E-state index contributed by atoms with van der Waals surface area (Å²) in [7, 11) is 2.19. The standard InChI is InChI=1S/C16H20ClNO2/c1-18-13-6-7-14(18)10-15(9-13)20-16(19)8-11-2-4-12(17)5-3-11/h2-5,13-15H,6-10H2,1H3. The van der Waals surface area contributed by atoms with E-state index in [2.05, 4.69) is 11.9 Å². The van der Waals surface area contributed by atoms with Gasteiger partial charge in [0.25, 0.3) is 0 Å². The van der Waals surface area contributed by atoms with Gasteiger partial charge in [0.05, 0.1) is 6.42 Å². The quantitative estimate of drug-likeness (QED) is 0.802. The normalized spacial score (nSPS) is 29.4.